The van der Waals surface area contributed by atoms with Gasteiger partial charge in [0.05, 0.1) is 19.8 Å². The predicted molar refractivity (Wildman–Crippen MR) is 124 cm³/mol. The van der Waals surface area contributed by atoms with Crippen LogP contribution in [0.15, 0.2) is 34.1 Å². The Hall–Kier alpha value is -0.240. The van der Waals surface area contributed by atoms with Gasteiger partial charge in [-0.25, -0.2) is 20.1 Å². The van der Waals surface area contributed by atoms with E-state index >= 15 is 0 Å². The monoisotopic (exact) mass is 432 g/mol. The van der Waals surface area contributed by atoms with Crippen molar-refractivity contribution in [2.75, 3.05) is 76.4 Å². The maximum atomic E-state index is 5.69. The predicted octanol–water partition coefficient (Wildman–Crippen LogP) is 4.74. The fourth-order valence-corrected chi connectivity index (χ4v) is 6.93. The van der Waals surface area contributed by atoms with Crippen molar-refractivity contribution in [3.05, 3.63) is 24.3 Å². The molecule has 4 nitrogen and oxygen atoms in total. The highest BCUT2D eigenvalue weighted by Gasteiger charge is 2.22. The quantitative estimate of drug-likeness (QED) is 0.228. The fourth-order valence-electron chi connectivity index (χ4n) is 3.04. The highest BCUT2D eigenvalue weighted by atomic mass is 32.3. The van der Waals surface area contributed by atoms with Crippen LogP contribution in [0.1, 0.15) is 19.8 Å². The number of benzene rings is 1. The molecule has 0 bridgehead atoms. The van der Waals surface area contributed by atoms with E-state index in [0.717, 1.165) is 39.3 Å². The van der Waals surface area contributed by atoms with Crippen LogP contribution < -0.4 is 0 Å². The van der Waals surface area contributed by atoms with E-state index in [9.17, 15) is 0 Å². The lowest BCUT2D eigenvalue weighted by molar-refractivity contribution is -0.0487. The van der Waals surface area contributed by atoms with Crippen LogP contribution in [0.4, 0.5) is 0 Å². The van der Waals surface area contributed by atoms with Gasteiger partial charge in [0.15, 0.2) is 0 Å². The number of hydrogen-bond donors (Lipinski definition) is 0. The molecule has 0 aliphatic carbocycles. The average molecular weight is 433 g/mol. The van der Waals surface area contributed by atoms with Gasteiger partial charge in [0.2, 0.25) is 0 Å². The van der Waals surface area contributed by atoms with Crippen molar-refractivity contribution in [2.45, 2.75) is 35.7 Å². The van der Waals surface area contributed by atoms with Gasteiger partial charge in [-0.15, -0.1) is 0 Å². The summed E-state index contributed by atoms with van der Waals surface area (Å²) in [4.78, 5) is 2.99. The molecule has 0 saturated carbocycles. The molecule has 0 spiro atoms. The van der Waals surface area contributed by atoms with Crippen LogP contribution in [0.25, 0.3) is 0 Å². The molecule has 6 heteroatoms. The molecule has 1 aliphatic rings. The molecule has 164 valence electrons. The van der Waals surface area contributed by atoms with Crippen molar-refractivity contribution < 1.29 is 18.9 Å². The van der Waals surface area contributed by atoms with E-state index in [1.54, 1.807) is 0 Å². The summed E-state index contributed by atoms with van der Waals surface area (Å²) in [5.74, 6) is 2.40. The summed E-state index contributed by atoms with van der Waals surface area (Å²) < 4.78 is 21.6. The summed E-state index contributed by atoms with van der Waals surface area (Å²) in [6.07, 6.45) is 12.2. The largest absolute Gasteiger partial charge is 0.379 e. The molecular formula is C22H40O4S2. The van der Waals surface area contributed by atoms with Crippen LogP contribution in [0.3, 0.4) is 0 Å². The van der Waals surface area contributed by atoms with Crippen LogP contribution in [0.5, 0.6) is 0 Å². The van der Waals surface area contributed by atoms with Gasteiger partial charge in [-0.05, 0) is 90.4 Å². The Morgan fingerprint density at radius 3 is 1.82 bits per heavy atom. The summed E-state index contributed by atoms with van der Waals surface area (Å²) in [5, 5.41) is 0. The van der Waals surface area contributed by atoms with Gasteiger partial charge in [-0.1, -0.05) is 0 Å². The summed E-state index contributed by atoms with van der Waals surface area (Å²) in [6, 6.07) is 9.45. The van der Waals surface area contributed by atoms with Crippen molar-refractivity contribution >= 4 is 20.1 Å². The number of epoxide rings is 1. The van der Waals surface area contributed by atoms with Crippen molar-refractivity contribution in [1.82, 2.24) is 0 Å². The zero-order valence-electron chi connectivity index (χ0n) is 18.4. The molecular weight excluding hydrogens is 392 g/mol. The van der Waals surface area contributed by atoms with Crippen molar-refractivity contribution in [2.24, 2.45) is 0 Å². The molecule has 0 radical (unpaired) electrons. The zero-order valence-corrected chi connectivity index (χ0v) is 20.0. The third kappa shape index (κ3) is 8.64. The first-order valence-electron chi connectivity index (χ1n) is 10.2. The van der Waals surface area contributed by atoms with E-state index in [1.165, 1.54) is 21.3 Å². The lowest BCUT2D eigenvalue weighted by Gasteiger charge is -2.35. The van der Waals surface area contributed by atoms with E-state index in [0.29, 0.717) is 19.5 Å². The number of ether oxygens (including phenoxy) is 4. The van der Waals surface area contributed by atoms with Crippen LogP contribution in [-0.4, -0.2) is 82.5 Å². The topological polar surface area (TPSA) is 40.2 Å². The maximum Gasteiger partial charge on any atom is 0.146 e. The highest BCUT2D eigenvalue weighted by molar-refractivity contribution is 8.33. The van der Waals surface area contributed by atoms with Crippen molar-refractivity contribution in [1.29, 1.82) is 0 Å². The van der Waals surface area contributed by atoms with E-state index in [-0.39, 0.29) is 0 Å². The number of rotatable bonds is 15. The Bertz CT molecular complexity index is 556. The van der Waals surface area contributed by atoms with Gasteiger partial charge in [0, 0.05) is 13.2 Å². The SMILES string of the molecule is CCOCOCCCS(C)(C)c1ccc(S(C)(C)CCCOCC2CO2)cc1. The summed E-state index contributed by atoms with van der Waals surface area (Å²) >= 11 is 0. The second kappa shape index (κ2) is 11.8. The minimum Gasteiger partial charge on any atom is -0.379 e. The minimum atomic E-state index is -0.785. The van der Waals surface area contributed by atoms with Crippen LogP contribution in [0, 0.1) is 0 Å². The van der Waals surface area contributed by atoms with Gasteiger partial charge in [-0.2, -0.15) is 0 Å². The zero-order chi connectivity index (χ0) is 20.5. The molecule has 1 saturated heterocycles. The van der Waals surface area contributed by atoms with Gasteiger partial charge in [-0.3, -0.25) is 0 Å². The maximum absolute atomic E-state index is 5.69. The van der Waals surface area contributed by atoms with Crippen LogP contribution in [0.2, 0.25) is 0 Å². The number of hydrogen-bond acceptors (Lipinski definition) is 4. The lowest BCUT2D eigenvalue weighted by Crippen LogP contribution is -2.09. The molecule has 1 unspecified atom stereocenters. The smallest absolute Gasteiger partial charge is 0.146 e. The van der Waals surface area contributed by atoms with E-state index in [4.69, 9.17) is 18.9 Å². The molecule has 0 amide bonds. The molecule has 28 heavy (non-hydrogen) atoms. The third-order valence-corrected chi connectivity index (χ3v) is 10.8. The van der Waals surface area contributed by atoms with Gasteiger partial charge in [0.25, 0.3) is 0 Å². The Labute approximate surface area is 175 Å². The summed E-state index contributed by atoms with van der Waals surface area (Å²) in [6.45, 7) is 6.38. The average Bonchev–Trinajstić information content (AvgIpc) is 3.49. The van der Waals surface area contributed by atoms with Gasteiger partial charge >= 0.3 is 0 Å². The molecule has 0 aromatic heterocycles. The third-order valence-electron chi connectivity index (χ3n) is 5.06. The standard InChI is InChI=1S/C22H40O4S2/c1-6-23-19-25-14-8-16-28(4,5)22-11-9-21(10-12-22)27(2,3)15-7-13-24-17-20-18-26-20/h9-12,20H,6-8,13-19H2,1-5H3. The molecule has 1 aromatic rings. The first kappa shape index (κ1) is 24.0. The van der Waals surface area contributed by atoms with Crippen molar-refractivity contribution in [3.8, 4) is 0 Å². The molecule has 2 rings (SSSR count). The van der Waals surface area contributed by atoms with Gasteiger partial charge in [0.1, 0.15) is 12.9 Å². The Morgan fingerprint density at radius 2 is 1.36 bits per heavy atom. The lowest BCUT2D eigenvalue weighted by atomic mass is 10.4. The summed E-state index contributed by atoms with van der Waals surface area (Å²) in [7, 11) is -1.56. The van der Waals surface area contributed by atoms with Crippen molar-refractivity contribution in [3.63, 3.8) is 0 Å². The Kier molecular flexibility index (Phi) is 10.1. The van der Waals surface area contributed by atoms with E-state index in [1.807, 2.05) is 6.92 Å². The normalized spacial score (nSPS) is 18.2. The molecule has 1 heterocycles. The van der Waals surface area contributed by atoms with E-state index in [2.05, 4.69) is 49.3 Å². The van der Waals surface area contributed by atoms with Gasteiger partial charge < -0.3 is 18.9 Å². The van der Waals surface area contributed by atoms with E-state index < -0.39 is 20.1 Å². The fraction of sp³-hybridized carbons (Fsp3) is 0.727. The second-order valence-corrected chi connectivity index (χ2v) is 16.1. The Morgan fingerprint density at radius 1 is 0.857 bits per heavy atom. The highest BCUT2D eigenvalue weighted by Crippen LogP contribution is 2.53. The summed E-state index contributed by atoms with van der Waals surface area (Å²) in [5.41, 5.74) is 0. The van der Waals surface area contributed by atoms with Crippen LogP contribution in [-0.2, 0) is 18.9 Å². The molecule has 1 aromatic carbocycles. The minimum absolute atomic E-state index is 0.370. The molecule has 0 N–H and O–H groups in total. The first-order valence-corrected chi connectivity index (χ1v) is 15.5. The Balaban J connectivity index is 1.75. The molecule has 1 fully saturated rings. The molecule has 1 atom stereocenters. The molecule has 1 aliphatic heterocycles. The second-order valence-electron chi connectivity index (χ2n) is 8.21. The first-order chi connectivity index (χ1) is 13.3. The van der Waals surface area contributed by atoms with Crippen LogP contribution >= 0.6 is 20.1 Å².